The zero-order valence-corrected chi connectivity index (χ0v) is 6.41. The smallest absolute Gasteiger partial charge is 0.254 e. The third-order valence-corrected chi connectivity index (χ3v) is 1.75. The fraction of sp³-hybridized carbons (Fsp3) is 0.429. The molecular formula is C7H9N3O2. The highest BCUT2D eigenvalue weighted by Gasteiger charge is 2.26. The van der Waals surface area contributed by atoms with Crippen LogP contribution >= 0.6 is 0 Å². The van der Waals surface area contributed by atoms with Crippen molar-refractivity contribution in [2.75, 3.05) is 11.9 Å². The third-order valence-electron chi connectivity index (χ3n) is 1.75. The number of anilines is 1. The van der Waals surface area contributed by atoms with Crippen LogP contribution in [0.25, 0.3) is 0 Å². The Balaban J connectivity index is 1.90. The van der Waals surface area contributed by atoms with E-state index in [4.69, 9.17) is 4.74 Å². The fourth-order valence-corrected chi connectivity index (χ4v) is 0.981. The second-order valence-corrected chi connectivity index (χ2v) is 2.61. The van der Waals surface area contributed by atoms with Crippen LogP contribution in [0.3, 0.4) is 0 Å². The number of nitrogens with zero attached hydrogens (tertiary/aromatic N) is 1. The van der Waals surface area contributed by atoms with Crippen molar-refractivity contribution in [3.8, 4) is 0 Å². The molecule has 2 N–H and O–H groups in total. The molecule has 1 unspecified atom stereocenters. The van der Waals surface area contributed by atoms with Crippen LogP contribution < -0.4 is 5.32 Å². The van der Waals surface area contributed by atoms with Gasteiger partial charge < -0.3 is 10.1 Å². The van der Waals surface area contributed by atoms with Crippen LogP contribution in [0.5, 0.6) is 0 Å². The predicted molar refractivity (Wildman–Crippen MR) is 41.6 cm³/mol. The van der Waals surface area contributed by atoms with Crippen LogP contribution in [0, 0.1) is 0 Å². The third kappa shape index (κ3) is 1.31. The SMILES string of the molecule is O=C(Nc1ccn[nH]1)C1CCO1. The summed E-state index contributed by atoms with van der Waals surface area (Å²) in [6.45, 7) is 0.682. The molecule has 0 radical (unpaired) electrons. The molecule has 1 amide bonds. The van der Waals surface area contributed by atoms with Crippen molar-refractivity contribution >= 4 is 11.7 Å². The highest BCUT2D eigenvalue weighted by molar-refractivity contribution is 5.93. The van der Waals surface area contributed by atoms with E-state index in [0.29, 0.717) is 12.4 Å². The molecule has 1 aromatic rings. The van der Waals surface area contributed by atoms with Gasteiger partial charge in [0.05, 0.1) is 12.8 Å². The monoisotopic (exact) mass is 167 g/mol. The van der Waals surface area contributed by atoms with Gasteiger partial charge in [-0.2, -0.15) is 5.10 Å². The number of nitrogens with one attached hydrogen (secondary N) is 2. The number of H-pyrrole nitrogens is 1. The summed E-state index contributed by atoms with van der Waals surface area (Å²) in [5, 5.41) is 8.97. The molecule has 5 heteroatoms. The number of hydrogen-bond acceptors (Lipinski definition) is 3. The van der Waals surface area contributed by atoms with Gasteiger partial charge in [0.25, 0.3) is 5.91 Å². The van der Waals surface area contributed by atoms with Crippen molar-refractivity contribution in [2.45, 2.75) is 12.5 Å². The molecule has 1 aliphatic rings. The normalized spacial score (nSPS) is 21.5. The predicted octanol–water partition coefficient (Wildman–Crippen LogP) is 0.137. The lowest BCUT2D eigenvalue weighted by Gasteiger charge is -2.24. The number of aromatic nitrogens is 2. The number of carbonyl (C=O) groups excluding carboxylic acids is 1. The largest absolute Gasteiger partial charge is 0.368 e. The van der Waals surface area contributed by atoms with Gasteiger partial charge in [-0.1, -0.05) is 0 Å². The average molecular weight is 167 g/mol. The van der Waals surface area contributed by atoms with E-state index in [1.807, 2.05) is 0 Å². The van der Waals surface area contributed by atoms with Gasteiger partial charge in [0.2, 0.25) is 0 Å². The number of hydrogen-bond donors (Lipinski definition) is 2. The first kappa shape index (κ1) is 7.30. The first-order chi connectivity index (χ1) is 5.86. The Morgan fingerprint density at radius 2 is 2.67 bits per heavy atom. The maximum Gasteiger partial charge on any atom is 0.254 e. The summed E-state index contributed by atoms with van der Waals surface area (Å²) in [4.78, 5) is 11.2. The van der Waals surface area contributed by atoms with Crippen molar-refractivity contribution in [1.29, 1.82) is 0 Å². The number of rotatable bonds is 2. The second kappa shape index (κ2) is 2.94. The molecule has 0 saturated carbocycles. The van der Waals surface area contributed by atoms with Crippen molar-refractivity contribution in [2.24, 2.45) is 0 Å². The molecule has 1 atom stereocenters. The highest BCUT2D eigenvalue weighted by atomic mass is 16.5. The number of amides is 1. The molecule has 0 aromatic carbocycles. The molecule has 1 fully saturated rings. The summed E-state index contributed by atoms with van der Waals surface area (Å²) >= 11 is 0. The molecule has 1 aromatic heterocycles. The van der Waals surface area contributed by atoms with E-state index < -0.39 is 0 Å². The minimum atomic E-state index is -0.270. The van der Waals surface area contributed by atoms with Gasteiger partial charge >= 0.3 is 0 Å². The maximum atomic E-state index is 11.2. The van der Waals surface area contributed by atoms with E-state index in [0.717, 1.165) is 6.42 Å². The van der Waals surface area contributed by atoms with Crippen molar-refractivity contribution in [3.05, 3.63) is 12.3 Å². The van der Waals surface area contributed by atoms with Gasteiger partial charge in [-0.15, -0.1) is 0 Å². The van der Waals surface area contributed by atoms with Crippen LogP contribution in [-0.2, 0) is 9.53 Å². The van der Waals surface area contributed by atoms with Crippen molar-refractivity contribution in [1.82, 2.24) is 10.2 Å². The van der Waals surface area contributed by atoms with E-state index in [9.17, 15) is 4.79 Å². The standard InChI is InChI=1S/C7H9N3O2/c11-7(5-2-4-12-5)9-6-1-3-8-10-6/h1,3,5H,2,4H2,(H2,8,9,10,11). The van der Waals surface area contributed by atoms with Crippen LogP contribution in [0.2, 0.25) is 0 Å². The summed E-state index contributed by atoms with van der Waals surface area (Å²) in [5.41, 5.74) is 0. The van der Waals surface area contributed by atoms with Crippen molar-refractivity contribution in [3.63, 3.8) is 0 Å². The Bertz CT molecular complexity index is 266. The van der Waals surface area contributed by atoms with E-state index >= 15 is 0 Å². The van der Waals surface area contributed by atoms with Gasteiger partial charge in [-0.25, -0.2) is 0 Å². The van der Waals surface area contributed by atoms with E-state index in [2.05, 4.69) is 15.5 Å². The zero-order chi connectivity index (χ0) is 8.39. The topological polar surface area (TPSA) is 67.0 Å². The lowest BCUT2D eigenvalue weighted by atomic mass is 10.2. The molecule has 12 heavy (non-hydrogen) atoms. The van der Waals surface area contributed by atoms with Gasteiger partial charge in [-0.3, -0.25) is 9.89 Å². The quantitative estimate of drug-likeness (QED) is 0.658. The van der Waals surface area contributed by atoms with E-state index in [1.165, 1.54) is 0 Å². The molecule has 0 aliphatic carbocycles. The summed E-state index contributed by atoms with van der Waals surface area (Å²) in [7, 11) is 0. The maximum absolute atomic E-state index is 11.2. The molecule has 5 nitrogen and oxygen atoms in total. The lowest BCUT2D eigenvalue weighted by molar-refractivity contribution is -0.139. The molecule has 0 spiro atoms. The first-order valence-electron chi connectivity index (χ1n) is 3.78. The number of ether oxygens (including phenoxy) is 1. The average Bonchev–Trinajstić information content (AvgIpc) is 2.34. The molecule has 0 bridgehead atoms. The van der Waals surface area contributed by atoms with Crippen LogP contribution in [-0.4, -0.2) is 28.8 Å². The number of aromatic amines is 1. The van der Waals surface area contributed by atoms with E-state index in [1.54, 1.807) is 12.3 Å². The highest BCUT2D eigenvalue weighted by Crippen LogP contribution is 2.12. The minimum absolute atomic E-state index is 0.106. The summed E-state index contributed by atoms with van der Waals surface area (Å²) in [6, 6.07) is 1.69. The van der Waals surface area contributed by atoms with Gasteiger partial charge in [0, 0.05) is 12.5 Å². The Kier molecular flexibility index (Phi) is 1.79. The molecule has 1 saturated heterocycles. The lowest BCUT2D eigenvalue weighted by Crippen LogP contribution is -2.38. The Morgan fingerprint density at radius 1 is 1.83 bits per heavy atom. The second-order valence-electron chi connectivity index (χ2n) is 2.61. The molecule has 64 valence electrons. The Labute approximate surface area is 69.1 Å². The van der Waals surface area contributed by atoms with Gasteiger partial charge in [-0.05, 0) is 0 Å². The molecule has 1 aliphatic heterocycles. The molecule has 2 heterocycles. The van der Waals surface area contributed by atoms with Gasteiger partial charge in [0.1, 0.15) is 11.9 Å². The Hall–Kier alpha value is -1.36. The number of carbonyl (C=O) groups is 1. The molecule has 2 rings (SSSR count). The summed E-state index contributed by atoms with van der Waals surface area (Å²) in [6.07, 6.45) is 2.12. The van der Waals surface area contributed by atoms with Crippen LogP contribution in [0.15, 0.2) is 12.3 Å². The van der Waals surface area contributed by atoms with Crippen LogP contribution in [0.1, 0.15) is 6.42 Å². The van der Waals surface area contributed by atoms with Crippen LogP contribution in [0.4, 0.5) is 5.82 Å². The van der Waals surface area contributed by atoms with Crippen molar-refractivity contribution < 1.29 is 9.53 Å². The van der Waals surface area contributed by atoms with E-state index in [-0.39, 0.29) is 12.0 Å². The summed E-state index contributed by atoms with van der Waals surface area (Å²) in [5.74, 6) is 0.501. The zero-order valence-electron chi connectivity index (χ0n) is 6.41. The van der Waals surface area contributed by atoms with Gasteiger partial charge in [0.15, 0.2) is 0 Å². The fourth-order valence-electron chi connectivity index (χ4n) is 0.981. The molecular weight excluding hydrogens is 158 g/mol. The Morgan fingerprint density at radius 3 is 3.17 bits per heavy atom. The first-order valence-corrected chi connectivity index (χ1v) is 3.78. The minimum Gasteiger partial charge on any atom is -0.368 e. The summed E-state index contributed by atoms with van der Waals surface area (Å²) < 4.78 is 4.99.